The lowest BCUT2D eigenvalue weighted by Gasteiger charge is -2.11. The topological polar surface area (TPSA) is 44.2 Å². The van der Waals surface area contributed by atoms with Crippen LogP contribution in [-0.2, 0) is 0 Å². The van der Waals surface area contributed by atoms with Crippen LogP contribution in [0, 0.1) is 0 Å². The number of hydrogen-bond donors (Lipinski definition) is 0. The van der Waals surface area contributed by atoms with E-state index < -0.39 is 0 Å². The van der Waals surface area contributed by atoms with E-state index in [2.05, 4.69) is 24.0 Å². The van der Waals surface area contributed by atoms with Crippen molar-refractivity contribution in [2.24, 2.45) is 0 Å². The summed E-state index contributed by atoms with van der Waals surface area (Å²) in [6.45, 7) is 5.56. The summed E-state index contributed by atoms with van der Waals surface area (Å²) in [5.74, 6) is 1.15. The Kier molecular flexibility index (Phi) is 7.81. The molecule has 0 N–H and O–H groups in total. The number of rotatable bonds is 10. The molecule has 0 radical (unpaired) electrons. The van der Waals surface area contributed by atoms with Gasteiger partial charge in [0.25, 0.3) is 5.88 Å². The summed E-state index contributed by atoms with van der Waals surface area (Å²) >= 11 is 0. The van der Waals surface area contributed by atoms with Crippen molar-refractivity contribution >= 4 is 12.2 Å². The van der Waals surface area contributed by atoms with Crippen molar-refractivity contribution in [3.63, 3.8) is 0 Å². The lowest BCUT2D eigenvalue weighted by Crippen LogP contribution is -2.05. The van der Waals surface area contributed by atoms with Crippen molar-refractivity contribution in [1.82, 2.24) is 10.2 Å². The molecular weight excluding hydrogens is 300 g/mol. The van der Waals surface area contributed by atoms with Crippen LogP contribution in [0.25, 0.3) is 12.2 Å². The largest absolute Gasteiger partial charge is 0.488 e. The quantitative estimate of drug-likeness (QED) is 0.576. The Morgan fingerprint density at radius 3 is 2.29 bits per heavy atom. The third kappa shape index (κ3) is 6.03. The zero-order chi connectivity index (χ0) is 17.0. The van der Waals surface area contributed by atoms with Gasteiger partial charge in [-0.3, -0.25) is 0 Å². The average molecular weight is 326 g/mol. The number of hydrogen-bond acceptors (Lipinski definition) is 4. The van der Waals surface area contributed by atoms with Gasteiger partial charge in [0.05, 0.1) is 18.9 Å². The molecule has 0 atom stereocenters. The van der Waals surface area contributed by atoms with Gasteiger partial charge < -0.3 is 9.47 Å². The first-order valence-corrected chi connectivity index (χ1v) is 8.70. The van der Waals surface area contributed by atoms with Crippen LogP contribution in [0.1, 0.15) is 50.8 Å². The SMILES string of the molecule is CCCCOc1cc(/C=C/c2ccccc2)nnc1OCCCC. The Labute approximate surface area is 144 Å². The Morgan fingerprint density at radius 1 is 0.875 bits per heavy atom. The van der Waals surface area contributed by atoms with Crippen molar-refractivity contribution in [3.8, 4) is 11.6 Å². The van der Waals surface area contributed by atoms with Crippen molar-refractivity contribution in [3.05, 3.63) is 47.7 Å². The van der Waals surface area contributed by atoms with Crippen LogP contribution in [0.15, 0.2) is 36.4 Å². The molecule has 2 rings (SSSR count). The maximum Gasteiger partial charge on any atom is 0.276 e. The third-order valence-electron chi connectivity index (χ3n) is 3.48. The number of nitrogens with zero attached hydrogens (tertiary/aromatic N) is 2. The first-order valence-electron chi connectivity index (χ1n) is 8.70. The van der Waals surface area contributed by atoms with Gasteiger partial charge in [0.1, 0.15) is 0 Å². The highest BCUT2D eigenvalue weighted by molar-refractivity contribution is 5.68. The molecule has 0 spiro atoms. The summed E-state index contributed by atoms with van der Waals surface area (Å²) in [6.07, 6.45) is 8.11. The number of ether oxygens (including phenoxy) is 2. The lowest BCUT2D eigenvalue weighted by molar-refractivity contribution is 0.250. The average Bonchev–Trinajstić information content (AvgIpc) is 2.62. The molecule has 0 bridgehead atoms. The van der Waals surface area contributed by atoms with Crippen molar-refractivity contribution < 1.29 is 9.47 Å². The van der Waals surface area contributed by atoms with E-state index in [1.54, 1.807) is 0 Å². The lowest BCUT2D eigenvalue weighted by atomic mass is 10.2. The molecule has 0 aliphatic carbocycles. The van der Waals surface area contributed by atoms with Crippen LogP contribution in [0.5, 0.6) is 11.6 Å². The molecule has 1 aromatic carbocycles. The van der Waals surface area contributed by atoms with Crippen LogP contribution in [0.4, 0.5) is 0 Å². The van der Waals surface area contributed by atoms with Crippen LogP contribution < -0.4 is 9.47 Å². The zero-order valence-corrected chi connectivity index (χ0v) is 14.6. The van der Waals surface area contributed by atoms with Gasteiger partial charge in [-0.05, 0) is 24.5 Å². The zero-order valence-electron chi connectivity index (χ0n) is 14.6. The van der Waals surface area contributed by atoms with Gasteiger partial charge in [-0.2, -0.15) is 0 Å². The molecule has 1 heterocycles. The predicted molar refractivity (Wildman–Crippen MR) is 98.2 cm³/mol. The molecular formula is C20H26N2O2. The minimum Gasteiger partial charge on any atom is -0.488 e. The van der Waals surface area contributed by atoms with Gasteiger partial charge in [0, 0.05) is 6.07 Å². The Balaban J connectivity index is 2.11. The molecule has 0 aliphatic heterocycles. The van der Waals surface area contributed by atoms with Gasteiger partial charge in [-0.15, -0.1) is 10.2 Å². The van der Waals surface area contributed by atoms with Crippen molar-refractivity contribution in [2.45, 2.75) is 39.5 Å². The highest BCUT2D eigenvalue weighted by atomic mass is 16.5. The molecule has 0 saturated heterocycles. The molecule has 2 aromatic rings. The molecule has 0 fully saturated rings. The summed E-state index contributed by atoms with van der Waals surface area (Å²) < 4.78 is 11.5. The fourth-order valence-corrected chi connectivity index (χ4v) is 2.05. The predicted octanol–water partition coefficient (Wildman–Crippen LogP) is 5.00. The highest BCUT2D eigenvalue weighted by Crippen LogP contribution is 2.25. The van der Waals surface area contributed by atoms with Crippen molar-refractivity contribution in [2.75, 3.05) is 13.2 Å². The minimum absolute atomic E-state index is 0.483. The molecule has 0 aliphatic rings. The maximum atomic E-state index is 5.84. The first kappa shape index (κ1) is 18.0. The molecule has 1 aromatic heterocycles. The molecule has 4 heteroatoms. The van der Waals surface area contributed by atoms with Crippen LogP contribution in [-0.4, -0.2) is 23.4 Å². The summed E-state index contributed by atoms with van der Waals surface area (Å²) in [4.78, 5) is 0. The Bertz CT molecular complexity index is 627. The normalized spacial score (nSPS) is 10.9. The van der Waals surface area contributed by atoms with E-state index in [4.69, 9.17) is 9.47 Å². The van der Waals surface area contributed by atoms with Gasteiger partial charge in [0.2, 0.25) is 0 Å². The van der Waals surface area contributed by atoms with Crippen molar-refractivity contribution in [1.29, 1.82) is 0 Å². The van der Waals surface area contributed by atoms with E-state index in [1.807, 2.05) is 48.6 Å². The molecule has 128 valence electrons. The maximum absolute atomic E-state index is 5.84. The van der Waals surface area contributed by atoms with Gasteiger partial charge in [0.15, 0.2) is 5.75 Å². The fraction of sp³-hybridized carbons (Fsp3) is 0.400. The summed E-state index contributed by atoms with van der Waals surface area (Å²) in [7, 11) is 0. The molecule has 4 nitrogen and oxygen atoms in total. The van der Waals surface area contributed by atoms with E-state index >= 15 is 0 Å². The third-order valence-corrected chi connectivity index (χ3v) is 3.48. The van der Waals surface area contributed by atoms with Crippen LogP contribution in [0.2, 0.25) is 0 Å². The van der Waals surface area contributed by atoms with Gasteiger partial charge in [-0.25, -0.2) is 0 Å². The Hall–Kier alpha value is -2.36. The van der Waals surface area contributed by atoms with E-state index in [0.29, 0.717) is 24.8 Å². The molecule has 0 unspecified atom stereocenters. The first-order chi connectivity index (χ1) is 11.8. The van der Waals surface area contributed by atoms with Crippen LogP contribution >= 0.6 is 0 Å². The number of unbranched alkanes of at least 4 members (excludes halogenated alkanes) is 2. The summed E-state index contributed by atoms with van der Waals surface area (Å²) in [5, 5.41) is 8.41. The monoisotopic (exact) mass is 326 g/mol. The molecule has 0 saturated carbocycles. The van der Waals surface area contributed by atoms with Gasteiger partial charge >= 0.3 is 0 Å². The Morgan fingerprint density at radius 2 is 1.58 bits per heavy atom. The van der Waals surface area contributed by atoms with E-state index in [9.17, 15) is 0 Å². The minimum atomic E-state index is 0.483. The number of aromatic nitrogens is 2. The van der Waals surface area contributed by atoms with Crippen LogP contribution in [0.3, 0.4) is 0 Å². The second-order valence-electron chi connectivity index (χ2n) is 5.59. The second kappa shape index (κ2) is 10.4. The molecule has 24 heavy (non-hydrogen) atoms. The highest BCUT2D eigenvalue weighted by Gasteiger charge is 2.09. The summed E-state index contributed by atoms with van der Waals surface area (Å²) in [6, 6.07) is 12.0. The number of benzene rings is 1. The molecule has 0 amide bonds. The standard InChI is InChI=1S/C20H26N2O2/c1-3-5-14-23-19-16-18(13-12-17-10-8-7-9-11-17)21-22-20(19)24-15-6-4-2/h7-13,16H,3-6,14-15H2,1-2H3/b13-12+. The second-order valence-corrected chi connectivity index (χ2v) is 5.59. The summed E-state index contributed by atoms with van der Waals surface area (Å²) in [5.41, 5.74) is 1.88. The van der Waals surface area contributed by atoms with Gasteiger partial charge in [-0.1, -0.05) is 63.1 Å². The smallest absolute Gasteiger partial charge is 0.276 e. The van der Waals surface area contributed by atoms with E-state index in [0.717, 1.165) is 36.9 Å². The fourth-order valence-electron chi connectivity index (χ4n) is 2.05. The van der Waals surface area contributed by atoms with E-state index in [1.165, 1.54) is 0 Å². The van der Waals surface area contributed by atoms with E-state index in [-0.39, 0.29) is 0 Å².